The molecule has 0 aliphatic carbocycles. The highest BCUT2D eigenvalue weighted by molar-refractivity contribution is 5.39. The fraction of sp³-hybridized carbons (Fsp3) is 0.0952. The molecule has 3 aromatic rings. The molecule has 3 heteroatoms. The van der Waals surface area contributed by atoms with Crippen LogP contribution in [0.3, 0.4) is 0 Å². The van der Waals surface area contributed by atoms with E-state index in [2.05, 4.69) is 16.8 Å². The van der Waals surface area contributed by atoms with Gasteiger partial charge in [0.1, 0.15) is 11.5 Å². The maximum atomic E-state index is 13.2. The first-order valence-electron chi connectivity index (χ1n) is 7.62. The van der Waals surface area contributed by atoms with Crippen LogP contribution < -0.4 is 0 Å². The first kappa shape index (κ1) is 15.9. The Bertz CT molecular complexity index is 851. The van der Waals surface area contributed by atoms with Crippen LogP contribution in [-0.4, -0.2) is 10.1 Å². The monoisotopic (exact) mass is 317 g/mol. The quantitative estimate of drug-likeness (QED) is 0.747. The van der Waals surface area contributed by atoms with Crippen LogP contribution in [-0.2, 0) is 12.0 Å². The van der Waals surface area contributed by atoms with Gasteiger partial charge in [-0.05, 0) is 41.3 Å². The van der Waals surface area contributed by atoms with Crippen molar-refractivity contribution in [3.8, 4) is 11.8 Å². The molecule has 1 aromatic heterocycles. The van der Waals surface area contributed by atoms with E-state index in [1.807, 2.05) is 36.4 Å². The van der Waals surface area contributed by atoms with Crippen LogP contribution in [0.1, 0.15) is 16.8 Å². The summed E-state index contributed by atoms with van der Waals surface area (Å²) in [6.45, 7) is 0. The summed E-state index contributed by atoms with van der Waals surface area (Å²) in [6, 6.07) is 20.8. The molecule has 0 radical (unpaired) electrons. The molecule has 24 heavy (non-hydrogen) atoms. The molecule has 0 spiro atoms. The Hall–Kier alpha value is -2.96. The maximum Gasteiger partial charge on any atom is 0.155 e. The molecule has 0 saturated carbocycles. The van der Waals surface area contributed by atoms with Crippen LogP contribution in [0.25, 0.3) is 0 Å². The predicted octanol–water partition coefficient (Wildman–Crippen LogP) is 3.70. The third kappa shape index (κ3) is 3.87. The van der Waals surface area contributed by atoms with Gasteiger partial charge in [-0.15, -0.1) is 0 Å². The largest absolute Gasteiger partial charge is 0.373 e. The van der Waals surface area contributed by atoms with Gasteiger partial charge in [0, 0.05) is 12.6 Å². The van der Waals surface area contributed by atoms with Crippen LogP contribution in [0.4, 0.5) is 4.39 Å². The van der Waals surface area contributed by atoms with Crippen LogP contribution in [0.5, 0.6) is 0 Å². The average molecular weight is 317 g/mol. The normalized spacial score (nSPS) is 12.8. The maximum absolute atomic E-state index is 13.2. The predicted molar refractivity (Wildman–Crippen MR) is 91.6 cm³/mol. The highest BCUT2D eigenvalue weighted by atomic mass is 19.1. The zero-order valence-electron chi connectivity index (χ0n) is 13.0. The average Bonchev–Trinajstić information content (AvgIpc) is 2.62. The lowest BCUT2D eigenvalue weighted by Crippen LogP contribution is -2.26. The Morgan fingerprint density at radius 1 is 0.917 bits per heavy atom. The van der Waals surface area contributed by atoms with E-state index in [1.165, 1.54) is 12.1 Å². The molecule has 0 amide bonds. The van der Waals surface area contributed by atoms with E-state index < -0.39 is 5.60 Å². The van der Waals surface area contributed by atoms with Crippen molar-refractivity contribution in [3.63, 3.8) is 0 Å². The molecule has 2 aromatic carbocycles. The number of rotatable bonds is 3. The summed E-state index contributed by atoms with van der Waals surface area (Å²) in [5.41, 5.74) is 0.647. The highest BCUT2D eigenvalue weighted by Crippen LogP contribution is 2.25. The van der Waals surface area contributed by atoms with E-state index in [0.29, 0.717) is 17.7 Å². The number of halogens is 1. The number of nitrogens with zero attached hydrogens (tertiary/aromatic N) is 1. The number of aliphatic hydroxyl groups is 1. The van der Waals surface area contributed by atoms with Gasteiger partial charge < -0.3 is 5.11 Å². The zero-order valence-corrected chi connectivity index (χ0v) is 13.0. The van der Waals surface area contributed by atoms with E-state index in [-0.39, 0.29) is 5.82 Å². The van der Waals surface area contributed by atoms with Gasteiger partial charge in [-0.2, -0.15) is 0 Å². The van der Waals surface area contributed by atoms with Gasteiger partial charge in [-0.3, -0.25) is 0 Å². The number of hydrogen-bond donors (Lipinski definition) is 1. The van der Waals surface area contributed by atoms with Crippen molar-refractivity contribution in [2.24, 2.45) is 0 Å². The Balaban J connectivity index is 2.00. The minimum Gasteiger partial charge on any atom is -0.373 e. The second-order valence-corrected chi connectivity index (χ2v) is 5.49. The molecule has 0 saturated heterocycles. The molecule has 0 fully saturated rings. The molecular weight excluding hydrogens is 301 g/mol. The van der Waals surface area contributed by atoms with Crippen molar-refractivity contribution in [2.75, 3.05) is 0 Å². The van der Waals surface area contributed by atoms with Crippen molar-refractivity contribution in [1.82, 2.24) is 4.98 Å². The van der Waals surface area contributed by atoms with Crippen molar-refractivity contribution in [2.45, 2.75) is 12.0 Å². The number of benzene rings is 2. The molecule has 0 aliphatic rings. The Kier molecular flexibility index (Phi) is 4.69. The number of pyridine rings is 1. The van der Waals surface area contributed by atoms with Crippen LogP contribution in [0, 0.1) is 17.7 Å². The first-order chi connectivity index (χ1) is 11.7. The fourth-order valence-corrected chi connectivity index (χ4v) is 2.44. The van der Waals surface area contributed by atoms with Gasteiger partial charge in [0.05, 0.1) is 0 Å². The lowest BCUT2D eigenvalue weighted by Gasteiger charge is -2.23. The van der Waals surface area contributed by atoms with Gasteiger partial charge >= 0.3 is 0 Å². The summed E-state index contributed by atoms with van der Waals surface area (Å²) in [4.78, 5) is 4.15. The molecular formula is C21H16FNO. The molecule has 1 N–H and O–H groups in total. The van der Waals surface area contributed by atoms with E-state index in [9.17, 15) is 9.50 Å². The molecule has 0 bridgehead atoms. The fourth-order valence-electron chi connectivity index (χ4n) is 2.44. The van der Waals surface area contributed by atoms with Crippen LogP contribution in [0.2, 0.25) is 0 Å². The minimum atomic E-state index is -1.42. The van der Waals surface area contributed by atoms with E-state index in [0.717, 1.165) is 5.56 Å². The Labute approximate surface area is 140 Å². The smallest absolute Gasteiger partial charge is 0.155 e. The summed E-state index contributed by atoms with van der Waals surface area (Å²) in [5.74, 6) is 5.48. The van der Waals surface area contributed by atoms with Crippen LogP contribution >= 0.6 is 0 Å². The Morgan fingerprint density at radius 2 is 1.62 bits per heavy atom. The standard InChI is InChI=1S/C21H16FNO/c22-19-11-9-18(10-12-19)21(24,16-17-6-2-1-3-7-17)14-13-20-8-4-5-15-23-20/h1-12,15,24H,16H2. The summed E-state index contributed by atoms with van der Waals surface area (Å²) in [7, 11) is 0. The van der Waals surface area contributed by atoms with Crippen molar-refractivity contribution in [1.29, 1.82) is 0 Å². The number of hydrogen-bond acceptors (Lipinski definition) is 2. The Morgan fingerprint density at radius 3 is 2.29 bits per heavy atom. The number of aromatic nitrogens is 1. The van der Waals surface area contributed by atoms with Gasteiger partial charge in [0.2, 0.25) is 0 Å². The molecule has 0 aliphatic heterocycles. The lowest BCUT2D eigenvalue weighted by molar-refractivity contribution is 0.101. The minimum absolute atomic E-state index is 0.305. The lowest BCUT2D eigenvalue weighted by atomic mass is 9.87. The summed E-state index contributed by atoms with van der Waals surface area (Å²) < 4.78 is 13.2. The molecule has 2 nitrogen and oxygen atoms in total. The second kappa shape index (κ2) is 7.08. The molecule has 118 valence electrons. The third-order valence-electron chi connectivity index (χ3n) is 3.69. The molecule has 1 heterocycles. The van der Waals surface area contributed by atoms with E-state index in [4.69, 9.17) is 0 Å². The molecule has 1 atom stereocenters. The summed E-state index contributed by atoms with van der Waals surface area (Å²) >= 11 is 0. The van der Waals surface area contributed by atoms with Crippen molar-refractivity contribution in [3.05, 3.63) is 102 Å². The van der Waals surface area contributed by atoms with Crippen molar-refractivity contribution < 1.29 is 9.50 Å². The first-order valence-corrected chi connectivity index (χ1v) is 7.62. The summed E-state index contributed by atoms with van der Waals surface area (Å²) in [6.07, 6.45) is 1.96. The zero-order chi connectivity index (χ0) is 16.8. The molecule has 1 unspecified atom stereocenters. The third-order valence-corrected chi connectivity index (χ3v) is 3.69. The van der Waals surface area contributed by atoms with Gasteiger partial charge in [0.15, 0.2) is 5.60 Å². The van der Waals surface area contributed by atoms with Crippen molar-refractivity contribution >= 4 is 0 Å². The topological polar surface area (TPSA) is 33.1 Å². The van der Waals surface area contributed by atoms with Gasteiger partial charge in [-0.25, -0.2) is 9.37 Å². The van der Waals surface area contributed by atoms with E-state index in [1.54, 1.807) is 30.5 Å². The SMILES string of the molecule is OC(C#Cc1ccccn1)(Cc1ccccc1)c1ccc(F)cc1. The van der Waals surface area contributed by atoms with Crippen LogP contribution in [0.15, 0.2) is 79.0 Å². The van der Waals surface area contributed by atoms with E-state index >= 15 is 0 Å². The van der Waals surface area contributed by atoms with Gasteiger partial charge in [-0.1, -0.05) is 54.5 Å². The summed E-state index contributed by atoms with van der Waals surface area (Å²) in [5, 5.41) is 11.2. The second-order valence-electron chi connectivity index (χ2n) is 5.49. The highest BCUT2D eigenvalue weighted by Gasteiger charge is 2.27. The molecule has 3 rings (SSSR count). The van der Waals surface area contributed by atoms with Gasteiger partial charge in [0.25, 0.3) is 0 Å².